The molecule has 39 heavy (non-hydrogen) atoms. The van der Waals surface area contributed by atoms with Gasteiger partial charge in [-0.2, -0.15) is 0 Å². The molecule has 0 aromatic heterocycles. The van der Waals surface area contributed by atoms with Crippen molar-refractivity contribution in [3.05, 3.63) is 34.4 Å². The summed E-state index contributed by atoms with van der Waals surface area (Å²) in [5.74, 6) is 4.39. The van der Waals surface area contributed by atoms with Crippen molar-refractivity contribution in [1.29, 1.82) is 0 Å². The molecule has 0 amide bonds. The van der Waals surface area contributed by atoms with Crippen LogP contribution in [0.15, 0.2) is 12.1 Å². The number of halogens is 1. The highest BCUT2D eigenvalue weighted by Gasteiger charge is 2.34. The standard InChI is InChI=1S/C30H44N2O6.ClH/c1-31-15-13-19-17-23(33-3)27(35-5)29(37-7)25(19)21(31)11-9-10-12-22-26-20(14-16-32(22)2)18-24(34-4)28(36-6)30(26)38-8;/h17-18,21-22H,9-16H2,1-8H3;1H. The lowest BCUT2D eigenvalue weighted by molar-refractivity contribution is 0.191. The summed E-state index contributed by atoms with van der Waals surface area (Å²) in [5, 5.41) is 0. The zero-order valence-electron chi connectivity index (χ0n) is 24.7. The summed E-state index contributed by atoms with van der Waals surface area (Å²) in [6, 6.07) is 4.78. The molecule has 4 rings (SSSR count). The van der Waals surface area contributed by atoms with Crippen LogP contribution in [0.25, 0.3) is 0 Å². The first-order valence-corrected chi connectivity index (χ1v) is 13.5. The maximum atomic E-state index is 5.90. The highest BCUT2D eigenvalue weighted by atomic mass is 35.5. The summed E-state index contributed by atoms with van der Waals surface area (Å²) in [6.45, 7) is 2.02. The van der Waals surface area contributed by atoms with E-state index in [1.807, 2.05) is 0 Å². The molecule has 2 aromatic rings. The van der Waals surface area contributed by atoms with Gasteiger partial charge in [0.1, 0.15) is 0 Å². The smallest absolute Gasteiger partial charge is 0.203 e. The molecular weight excluding hydrogens is 520 g/mol. The number of likely N-dealkylation sites (N-methyl/N-ethyl adjacent to an activating group) is 2. The van der Waals surface area contributed by atoms with Gasteiger partial charge in [0.25, 0.3) is 0 Å². The number of nitrogens with zero attached hydrogens (tertiary/aromatic N) is 2. The van der Waals surface area contributed by atoms with Gasteiger partial charge in [-0.15, -0.1) is 12.4 Å². The number of methoxy groups -OCH3 is 6. The maximum Gasteiger partial charge on any atom is 0.203 e. The Kier molecular flexibility index (Phi) is 10.9. The number of ether oxygens (including phenoxy) is 6. The Hall–Kier alpha value is -2.55. The van der Waals surface area contributed by atoms with Crippen molar-refractivity contribution in [2.45, 2.75) is 50.6 Å². The van der Waals surface area contributed by atoms with Gasteiger partial charge >= 0.3 is 0 Å². The maximum absolute atomic E-state index is 5.90. The highest BCUT2D eigenvalue weighted by molar-refractivity contribution is 5.85. The summed E-state index contributed by atoms with van der Waals surface area (Å²) >= 11 is 0. The fourth-order valence-corrected chi connectivity index (χ4v) is 6.35. The van der Waals surface area contributed by atoms with Crippen LogP contribution in [-0.2, 0) is 12.8 Å². The molecule has 2 unspecified atom stereocenters. The van der Waals surface area contributed by atoms with Gasteiger partial charge in [-0.3, -0.25) is 9.80 Å². The molecule has 0 radical (unpaired) electrons. The van der Waals surface area contributed by atoms with E-state index in [1.54, 1.807) is 42.7 Å². The predicted molar refractivity (Wildman–Crippen MR) is 156 cm³/mol. The fourth-order valence-electron chi connectivity index (χ4n) is 6.35. The summed E-state index contributed by atoms with van der Waals surface area (Å²) in [4.78, 5) is 4.89. The zero-order chi connectivity index (χ0) is 27.4. The van der Waals surface area contributed by atoms with Crippen molar-refractivity contribution in [3.8, 4) is 34.5 Å². The second-order valence-corrected chi connectivity index (χ2v) is 10.2. The van der Waals surface area contributed by atoms with Gasteiger partial charge in [0.15, 0.2) is 23.0 Å². The monoisotopic (exact) mass is 564 g/mol. The number of rotatable bonds is 11. The van der Waals surface area contributed by atoms with Crippen molar-refractivity contribution in [1.82, 2.24) is 9.80 Å². The first-order valence-electron chi connectivity index (χ1n) is 13.5. The van der Waals surface area contributed by atoms with E-state index >= 15 is 0 Å². The van der Waals surface area contributed by atoms with E-state index in [0.29, 0.717) is 11.5 Å². The first kappa shape index (κ1) is 31.0. The van der Waals surface area contributed by atoms with Crippen LogP contribution in [0.1, 0.15) is 60.0 Å². The molecule has 2 atom stereocenters. The van der Waals surface area contributed by atoms with Crippen LogP contribution in [-0.4, -0.2) is 79.6 Å². The Morgan fingerprint density at radius 3 is 1.26 bits per heavy atom. The molecule has 8 nitrogen and oxygen atoms in total. The van der Waals surface area contributed by atoms with Crippen molar-refractivity contribution in [2.24, 2.45) is 0 Å². The molecule has 2 heterocycles. The largest absolute Gasteiger partial charge is 0.493 e. The van der Waals surface area contributed by atoms with Crippen LogP contribution in [0.5, 0.6) is 34.5 Å². The van der Waals surface area contributed by atoms with Crippen LogP contribution in [0.3, 0.4) is 0 Å². The quantitative estimate of drug-likeness (QED) is 0.333. The van der Waals surface area contributed by atoms with E-state index in [1.165, 1.54) is 22.3 Å². The molecule has 2 aromatic carbocycles. The van der Waals surface area contributed by atoms with Crippen LogP contribution < -0.4 is 28.4 Å². The first-order chi connectivity index (χ1) is 18.4. The summed E-state index contributed by atoms with van der Waals surface area (Å²) in [7, 11) is 14.6. The summed E-state index contributed by atoms with van der Waals surface area (Å²) < 4.78 is 34.4. The van der Waals surface area contributed by atoms with Crippen LogP contribution in [0.4, 0.5) is 0 Å². The Morgan fingerprint density at radius 2 is 0.949 bits per heavy atom. The van der Waals surface area contributed by atoms with Crippen LogP contribution in [0.2, 0.25) is 0 Å². The molecule has 0 bridgehead atoms. The van der Waals surface area contributed by atoms with Gasteiger partial charge in [-0.1, -0.05) is 12.8 Å². The third-order valence-electron chi connectivity index (χ3n) is 8.31. The van der Waals surface area contributed by atoms with Gasteiger partial charge in [0, 0.05) is 36.3 Å². The lowest BCUT2D eigenvalue weighted by Gasteiger charge is -2.37. The lowest BCUT2D eigenvalue weighted by atomic mass is 9.86. The van der Waals surface area contributed by atoms with E-state index in [9.17, 15) is 0 Å². The van der Waals surface area contributed by atoms with E-state index in [2.05, 4.69) is 36.0 Å². The Bertz CT molecular complexity index is 1040. The summed E-state index contributed by atoms with van der Waals surface area (Å²) in [5.41, 5.74) is 5.04. The Morgan fingerprint density at radius 1 is 0.590 bits per heavy atom. The van der Waals surface area contributed by atoms with Crippen molar-refractivity contribution < 1.29 is 28.4 Å². The van der Waals surface area contributed by atoms with Crippen LogP contribution in [0, 0.1) is 0 Å². The number of fused-ring (bicyclic) bond motifs is 2. The van der Waals surface area contributed by atoms with Gasteiger partial charge < -0.3 is 28.4 Å². The van der Waals surface area contributed by atoms with Crippen molar-refractivity contribution >= 4 is 12.4 Å². The molecular formula is C30H45ClN2O6. The normalized spacial score (nSPS) is 18.9. The SMILES string of the molecule is COc1cc2c(c(OC)c1OC)C(CCCCC1c3c(cc(OC)c(OC)c3OC)CCN1C)N(C)CC2.Cl. The molecule has 218 valence electrons. The molecule has 0 N–H and O–H groups in total. The molecule has 2 aliphatic rings. The number of hydrogen-bond acceptors (Lipinski definition) is 8. The molecule has 0 saturated carbocycles. The van der Waals surface area contributed by atoms with Crippen molar-refractivity contribution in [2.75, 3.05) is 69.8 Å². The lowest BCUT2D eigenvalue weighted by Crippen LogP contribution is -2.33. The minimum Gasteiger partial charge on any atom is -0.493 e. The minimum absolute atomic E-state index is 0. The predicted octanol–water partition coefficient (Wildman–Crippen LogP) is 5.48. The van der Waals surface area contributed by atoms with E-state index < -0.39 is 0 Å². The Labute approximate surface area is 239 Å². The van der Waals surface area contributed by atoms with E-state index in [4.69, 9.17) is 28.4 Å². The summed E-state index contributed by atoms with van der Waals surface area (Å²) in [6.07, 6.45) is 6.22. The van der Waals surface area contributed by atoms with Gasteiger partial charge in [0.2, 0.25) is 11.5 Å². The average molecular weight is 565 g/mol. The van der Waals surface area contributed by atoms with Gasteiger partial charge in [-0.05, 0) is 63.0 Å². The number of hydrogen-bond donors (Lipinski definition) is 0. The molecule has 0 saturated heterocycles. The second-order valence-electron chi connectivity index (χ2n) is 10.2. The second kappa shape index (κ2) is 13.7. The van der Waals surface area contributed by atoms with E-state index in [-0.39, 0.29) is 24.5 Å². The van der Waals surface area contributed by atoms with Crippen molar-refractivity contribution in [3.63, 3.8) is 0 Å². The molecule has 9 heteroatoms. The highest BCUT2D eigenvalue weighted by Crippen LogP contribution is 2.50. The zero-order valence-corrected chi connectivity index (χ0v) is 25.5. The molecule has 0 fully saturated rings. The molecule has 2 aliphatic heterocycles. The third kappa shape index (κ3) is 5.83. The number of benzene rings is 2. The van der Waals surface area contributed by atoms with E-state index in [0.717, 1.165) is 74.6 Å². The Balaban J connectivity index is 0.00000420. The van der Waals surface area contributed by atoms with Gasteiger partial charge in [-0.25, -0.2) is 0 Å². The average Bonchev–Trinajstić information content (AvgIpc) is 2.94. The molecule has 0 spiro atoms. The molecule has 0 aliphatic carbocycles. The van der Waals surface area contributed by atoms with Crippen LogP contribution >= 0.6 is 12.4 Å². The topological polar surface area (TPSA) is 61.9 Å². The van der Waals surface area contributed by atoms with Gasteiger partial charge in [0.05, 0.1) is 42.7 Å². The minimum atomic E-state index is 0. The number of unbranched alkanes of at least 4 members (excludes halogenated alkanes) is 1. The fraction of sp³-hybridized carbons (Fsp3) is 0.600. The third-order valence-corrected chi connectivity index (χ3v) is 8.31.